The summed E-state index contributed by atoms with van der Waals surface area (Å²) in [5, 5.41) is 9.44. The van der Waals surface area contributed by atoms with Gasteiger partial charge in [0.25, 0.3) is 5.56 Å². The van der Waals surface area contributed by atoms with Crippen LogP contribution in [0.25, 0.3) is 10.8 Å². The smallest absolute Gasteiger partial charge is 0.319 e. The Labute approximate surface area is 169 Å². The Morgan fingerprint density at radius 3 is 2.54 bits per heavy atom. The topological polar surface area (TPSA) is 63.1 Å². The fourth-order valence-electron chi connectivity index (χ4n) is 3.35. The van der Waals surface area contributed by atoms with Crippen molar-refractivity contribution in [3.05, 3.63) is 63.2 Å². The summed E-state index contributed by atoms with van der Waals surface area (Å²) in [4.78, 5) is 26.7. The number of anilines is 1. The molecule has 3 aromatic rings. The molecule has 0 radical (unpaired) electrons. The number of hydrogen-bond donors (Lipinski definition) is 2. The van der Waals surface area contributed by atoms with Crippen molar-refractivity contribution in [2.75, 3.05) is 5.32 Å². The molecule has 148 valence electrons. The van der Waals surface area contributed by atoms with E-state index in [1.54, 1.807) is 22.1 Å². The normalized spacial score (nSPS) is 12.3. The Morgan fingerprint density at radius 2 is 1.89 bits per heavy atom. The van der Waals surface area contributed by atoms with Gasteiger partial charge in [-0.2, -0.15) is 0 Å². The average molecular weight is 398 g/mol. The number of aromatic nitrogens is 1. The van der Waals surface area contributed by atoms with E-state index in [0.717, 1.165) is 23.1 Å². The number of hydrogen-bond acceptors (Lipinski definition) is 3. The predicted molar refractivity (Wildman–Crippen MR) is 117 cm³/mol. The molecule has 0 aliphatic heterocycles. The number of benzene rings is 1. The SMILES string of the molecule is CCC[C@@H](NC(=O)Nc1cn(CC(C)C)c(=O)c2ccccc12)c1cccs1. The molecule has 0 spiro atoms. The van der Waals surface area contributed by atoms with Gasteiger partial charge in [-0.15, -0.1) is 11.3 Å². The van der Waals surface area contributed by atoms with E-state index in [9.17, 15) is 9.59 Å². The lowest BCUT2D eigenvalue weighted by Crippen LogP contribution is -2.33. The molecular weight excluding hydrogens is 370 g/mol. The second-order valence-electron chi connectivity index (χ2n) is 7.39. The highest BCUT2D eigenvalue weighted by atomic mass is 32.1. The molecule has 1 atom stereocenters. The molecule has 1 aromatic carbocycles. The van der Waals surface area contributed by atoms with Gasteiger partial charge in [0.05, 0.1) is 11.7 Å². The van der Waals surface area contributed by atoms with Gasteiger partial charge in [0, 0.05) is 28.4 Å². The number of pyridine rings is 1. The first kappa shape index (κ1) is 20.1. The fraction of sp³-hybridized carbons (Fsp3) is 0.364. The van der Waals surface area contributed by atoms with Crippen molar-refractivity contribution >= 4 is 33.8 Å². The molecule has 0 aliphatic rings. The second-order valence-corrected chi connectivity index (χ2v) is 8.37. The molecular formula is C22H27N3O2S. The summed E-state index contributed by atoms with van der Waals surface area (Å²) in [6.45, 7) is 6.85. The van der Waals surface area contributed by atoms with E-state index >= 15 is 0 Å². The van der Waals surface area contributed by atoms with Crippen molar-refractivity contribution in [2.24, 2.45) is 5.92 Å². The lowest BCUT2D eigenvalue weighted by Gasteiger charge is -2.19. The van der Waals surface area contributed by atoms with Crippen LogP contribution in [0.5, 0.6) is 0 Å². The largest absolute Gasteiger partial charge is 0.330 e. The molecule has 0 saturated carbocycles. The average Bonchev–Trinajstić information content (AvgIpc) is 3.19. The Hall–Kier alpha value is -2.60. The maximum absolute atomic E-state index is 12.8. The van der Waals surface area contributed by atoms with E-state index in [0.29, 0.717) is 23.5 Å². The molecule has 2 heterocycles. The predicted octanol–water partition coefficient (Wildman–Crippen LogP) is 5.38. The van der Waals surface area contributed by atoms with Crippen molar-refractivity contribution in [1.29, 1.82) is 0 Å². The third-order valence-corrected chi connectivity index (χ3v) is 5.56. The summed E-state index contributed by atoms with van der Waals surface area (Å²) >= 11 is 1.65. The highest BCUT2D eigenvalue weighted by molar-refractivity contribution is 7.10. The van der Waals surface area contributed by atoms with Crippen molar-refractivity contribution in [2.45, 2.75) is 46.2 Å². The van der Waals surface area contributed by atoms with Crippen LogP contribution in [0.3, 0.4) is 0 Å². The van der Waals surface area contributed by atoms with Gasteiger partial charge in [0.15, 0.2) is 0 Å². The number of urea groups is 1. The molecule has 2 aromatic heterocycles. The van der Waals surface area contributed by atoms with Crippen molar-refractivity contribution in [1.82, 2.24) is 9.88 Å². The van der Waals surface area contributed by atoms with Gasteiger partial charge in [0.1, 0.15) is 0 Å². The van der Waals surface area contributed by atoms with Gasteiger partial charge < -0.3 is 15.2 Å². The Balaban J connectivity index is 1.89. The van der Waals surface area contributed by atoms with Gasteiger partial charge in [-0.05, 0) is 29.9 Å². The van der Waals surface area contributed by atoms with E-state index in [2.05, 4.69) is 31.4 Å². The number of carbonyl (C=O) groups is 1. The van der Waals surface area contributed by atoms with Gasteiger partial charge in [-0.3, -0.25) is 4.79 Å². The minimum atomic E-state index is -0.258. The van der Waals surface area contributed by atoms with Crippen LogP contribution in [0.4, 0.5) is 10.5 Å². The standard InChI is InChI=1S/C22H27N3O2S/c1-4-8-18(20-11-7-12-28-20)23-22(27)24-19-14-25(13-15(2)3)21(26)17-10-6-5-9-16(17)19/h5-7,9-12,14-15,18H,4,8,13H2,1-3H3,(H2,23,24,27)/t18-/m1/s1. The van der Waals surface area contributed by atoms with Gasteiger partial charge in [-0.25, -0.2) is 4.79 Å². The first-order valence-corrected chi connectivity index (χ1v) is 10.6. The molecule has 6 heteroatoms. The van der Waals surface area contributed by atoms with Crippen LogP contribution in [-0.2, 0) is 6.54 Å². The molecule has 5 nitrogen and oxygen atoms in total. The van der Waals surface area contributed by atoms with Crippen LogP contribution in [-0.4, -0.2) is 10.6 Å². The van der Waals surface area contributed by atoms with Crippen LogP contribution in [0.2, 0.25) is 0 Å². The highest BCUT2D eigenvalue weighted by Crippen LogP contribution is 2.24. The second kappa shape index (κ2) is 9.06. The molecule has 2 amide bonds. The third-order valence-electron chi connectivity index (χ3n) is 4.57. The molecule has 0 aliphatic carbocycles. The van der Waals surface area contributed by atoms with E-state index in [1.807, 2.05) is 41.8 Å². The van der Waals surface area contributed by atoms with Crippen LogP contribution in [0.1, 0.15) is 44.5 Å². The number of amides is 2. The maximum Gasteiger partial charge on any atom is 0.319 e. The monoisotopic (exact) mass is 397 g/mol. The molecule has 0 unspecified atom stereocenters. The molecule has 2 N–H and O–H groups in total. The summed E-state index contributed by atoms with van der Waals surface area (Å²) in [6.07, 6.45) is 3.61. The summed E-state index contributed by atoms with van der Waals surface area (Å²) in [7, 11) is 0. The number of rotatable bonds is 7. The van der Waals surface area contributed by atoms with Crippen LogP contribution >= 0.6 is 11.3 Å². The minimum Gasteiger partial charge on any atom is -0.330 e. The van der Waals surface area contributed by atoms with Gasteiger partial charge >= 0.3 is 6.03 Å². The van der Waals surface area contributed by atoms with E-state index in [4.69, 9.17) is 0 Å². The van der Waals surface area contributed by atoms with Crippen molar-refractivity contribution in [3.8, 4) is 0 Å². The summed E-state index contributed by atoms with van der Waals surface area (Å²) in [5.74, 6) is 0.327. The Kier molecular flexibility index (Phi) is 6.52. The van der Waals surface area contributed by atoms with E-state index < -0.39 is 0 Å². The van der Waals surface area contributed by atoms with Crippen LogP contribution in [0, 0.1) is 5.92 Å². The maximum atomic E-state index is 12.8. The molecule has 0 bridgehead atoms. The number of carbonyl (C=O) groups excluding carboxylic acids is 1. The number of thiophene rings is 1. The van der Waals surface area contributed by atoms with Crippen LogP contribution in [0.15, 0.2) is 52.8 Å². The summed E-state index contributed by atoms with van der Waals surface area (Å²) < 4.78 is 1.69. The molecule has 0 saturated heterocycles. The fourth-order valence-corrected chi connectivity index (χ4v) is 4.16. The Morgan fingerprint density at radius 1 is 1.14 bits per heavy atom. The molecule has 3 rings (SSSR count). The molecule has 0 fully saturated rings. The van der Waals surface area contributed by atoms with E-state index in [1.165, 1.54) is 0 Å². The Bertz CT molecular complexity index is 993. The zero-order chi connectivity index (χ0) is 20.1. The zero-order valence-corrected chi connectivity index (χ0v) is 17.4. The zero-order valence-electron chi connectivity index (χ0n) is 16.6. The highest BCUT2D eigenvalue weighted by Gasteiger charge is 2.16. The summed E-state index contributed by atoms with van der Waals surface area (Å²) in [6, 6.07) is 11.2. The van der Waals surface area contributed by atoms with Gasteiger partial charge in [-0.1, -0.05) is 51.5 Å². The van der Waals surface area contributed by atoms with Gasteiger partial charge in [0.2, 0.25) is 0 Å². The molecule has 28 heavy (non-hydrogen) atoms. The van der Waals surface area contributed by atoms with E-state index in [-0.39, 0.29) is 17.6 Å². The van der Waals surface area contributed by atoms with Crippen molar-refractivity contribution in [3.63, 3.8) is 0 Å². The van der Waals surface area contributed by atoms with Crippen molar-refractivity contribution < 1.29 is 4.79 Å². The quantitative estimate of drug-likeness (QED) is 0.562. The number of fused-ring (bicyclic) bond motifs is 1. The minimum absolute atomic E-state index is 0.0159. The van der Waals surface area contributed by atoms with Crippen LogP contribution < -0.4 is 16.2 Å². The first-order valence-electron chi connectivity index (χ1n) is 9.72. The third kappa shape index (κ3) is 4.62. The lowest BCUT2D eigenvalue weighted by molar-refractivity contribution is 0.248. The first-order chi connectivity index (χ1) is 13.5. The lowest BCUT2D eigenvalue weighted by atomic mass is 10.1. The summed E-state index contributed by atoms with van der Waals surface area (Å²) in [5.41, 5.74) is 0.618. The number of nitrogens with one attached hydrogen (secondary N) is 2. The number of nitrogens with zero attached hydrogens (tertiary/aromatic N) is 1.